The first kappa shape index (κ1) is 16.1. The van der Waals surface area contributed by atoms with E-state index in [1.54, 1.807) is 30.5 Å². The number of nitrogens with zero attached hydrogens (tertiary/aromatic N) is 2. The fraction of sp³-hybridized carbons (Fsp3) is 0.158. The van der Waals surface area contributed by atoms with E-state index in [4.69, 9.17) is 11.6 Å². The molecule has 0 bridgehead atoms. The van der Waals surface area contributed by atoms with Crippen LogP contribution in [0.15, 0.2) is 60.3 Å². The van der Waals surface area contributed by atoms with Gasteiger partial charge in [-0.25, -0.2) is 0 Å². The summed E-state index contributed by atoms with van der Waals surface area (Å²) in [6.07, 6.45) is 2.53. The van der Waals surface area contributed by atoms with Crippen LogP contribution in [0, 0.1) is 11.3 Å². The fourth-order valence-electron chi connectivity index (χ4n) is 2.70. The fourth-order valence-corrected chi connectivity index (χ4v) is 2.88. The number of halogens is 1. The summed E-state index contributed by atoms with van der Waals surface area (Å²) in [6.45, 7) is 1.47. The molecule has 24 heavy (non-hydrogen) atoms. The quantitative estimate of drug-likeness (QED) is 0.685. The molecule has 0 atom stereocenters. The number of para-hydroxylation sites is 1. The van der Waals surface area contributed by atoms with E-state index in [2.05, 4.69) is 17.4 Å². The van der Waals surface area contributed by atoms with Crippen LogP contribution in [0.1, 0.15) is 11.1 Å². The number of carbonyl (C=O) groups excluding carboxylic acids is 1. The van der Waals surface area contributed by atoms with Crippen LogP contribution in [0.3, 0.4) is 0 Å². The average molecular weight is 338 g/mol. The third kappa shape index (κ3) is 3.58. The largest absolute Gasteiger partial charge is 0.371 e. The van der Waals surface area contributed by atoms with Gasteiger partial charge in [0, 0.05) is 19.3 Å². The van der Waals surface area contributed by atoms with Gasteiger partial charge in [-0.15, -0.1) is 0 Å². The molecule has 1 amide bonds. The number of carbonyl (C=O) groups is 1. The van der Waals surface area contributed by atoms with E-state index in [0.717, 1.165) is 13.0 Å². The van der Waals surface area contributed by atoms with E-state index in [1.165, 1.54) is 11.1 Å². The molecule has 0 radical (unpaired) electrons. The second-order valence-electron chi connectivity index (χ2n) is 5.58. The van der Waals surface area contributed by atoms with Gasteiger partial charge >= 0.3 is 0 Å². The third-order valence-corrected chi connectivity index (χ3v) is 4.29. The standard InChI is InChI=1S/C19H16ClN3O/c20-17-7-3-4-8-18(17)22-19(24)16(11-21)13-23-10-9-14-5-1-2-6-15(14)12-23/h1-8,13H,9-10,12H2,(H,22,24)/b16-13-. The van der Waals surface area contributed by atoms with E-state index >= 15 is 0 Å². The van der Waals surface area contributed by atoms with E-state index < -0.39 is 5.91 Å². The van der Waals surface area contributed by atoms with Gasteiger partial charge in [0.05, 0.1) is 10.7 Å². The highest BCUT2D eigenvalue weighted by Crippen LogP contribution is 2.22. The van der Waals surface area contributed by atoms with Crippen molar-refractivity contribution in [3.8, 4) is 6.07 Å². The minimum Gasteiger partial charge on any atom is -0.371 e. The summed E-state index contributed by atoms with van der Waals surface area (Å²) in [5, 5.41) is 12.5. The maximum atomic E-state index is 12.3. The zero-order valence-electron chi connectivity index (χ0n) is 13.0. The Kier molecular flexibility index (Phi) is 4.83. The Hall–Kier alpha value is -2.77. The van der Waals surface area contributed by atoms with Crippen LogP contribution in [0.25, 0.3) is 0 Å². The van der Waals surface area contributed by atoms with Gasteiger partial charge < -0.3 is 10.2 Å². The number of nitriles is 1. The summed E-state index contributed by atoms with van der Waals surface area (Å²) in [5.41, 5.74) is 3.11. The van der Waals surface area contributed by atoms with Gasteiger partial charge in [0.1, 0.15) is 11.6 Å². The Balaban J connectivity index is 1.74. The van der Waals surface area contributed by atoms with Crippen LogP contribution < -0.4 is 5.32 Å². The smallest absolute Gasteiger partial charge is 0.267 e. The van der Waals surface area contributed by atoms with Crippen LogP contribution in [0.5, 0.6) is 0 Å². The summed E-state index contributed by atoms with van der Waals surface area (Å²) < 4.78 is 0. The van der Waals surface area contributed by atoms with Gasteiger partial charge in [0.15, 0.2) is 0 Å². The van der Waals surface area contributed by atoms with Crippen molar-refractivity contribution >= 4 is 23.2 Å². The van der Waals surface area contributed by atoms with E-state index in [0.29, 0.717) is 17.3 Å². The SMILES string of the molecule is N#C/C(=C/N1CCc2ccccc2C1)C(=O)Nc1ccccc1Cl. The minimum absolute atomic E-state index is 0.0642. The summed E-state index contributed by atoms with van der Waals surface area (Å²) in [6, 6.07) is 17.1. The molecule has 0 saturated carbocycles. The zero-order chi connectivity index (χ0) is 16.9. The molecule has 1 aliphatic heterocycles. The maximum absolute atomic E-state index is 12.3. The molecule has 0 spiro atoms. The minimum atomic E-state index is -0.454. The van der Waals surface area contributed by atoms with Crippen molar-refractivity contribution in [2.24, 2.45) is 0 Å². The van der Waals surface area contributed by atoms with Crippen molar-refractivity contribution < 1.29 is 4.79 Å². The second kappa shape index (κ2) is 7.20. The van der Waals surface area contributed by atoms with E-state index in [-0.39, 0.29) is 5.57 Å². The van der Waals surface area contributed by atoms with Crippen molar-refractivity contribution in [3.63, 3.8) is 0 Å². The highest BCUT2D eigenvalue weighted by Gasteiger charge is 2.17. The molecule has 0 fully saturated rings. The molecule has 2 aromatic rings. The first-order valence-corrected chi connectivity index (χ1v) is 8.04. The lowest BCUT2D eigenvalue weighted by molar-refractivity contribution is -0.112. The number of nitrogens with one attached hydrogen (secondary N) is 1. The first-order chi connectivity index (χ1) is 11.7. The Labute approximate surface area is 146 Å². The molecule has 3 rings (SSSR count). The molecule has 2 aromatic carbocycles. The van der Waals surface area contributed by atoms with Crippen LogP contribution in [0.4, 0.5) is 5.69 Å². The summed E-state index contributed by atoms with van der Waals surface area (Å²) in [5.74, 6) is -0.454. The predicted molar refractivity (Wildman–Crippen MR) is 94.3 cm³/mol. The van der Waals surface area contributed by atoms with E-state index in [1.807, 2.05) is 23.1 Å². The molecular formula is C19H16ClN3O. The molecule has 120 valence electrons. The van der Waals surface area contributed by atoms with Gasteiger partial charge in [-0.1, -0.05) is 48.0 Å². The van der Waals surface area contributed by atoms with Gasteiger partial charge in [-0.3, -0.25) is 4.79 Å². The lowest BCUT2D eigenvalue weighted by atomic mass is 10.0. The van der Waals surface area contributed by atoms with Crippen LogP contribution in [0.2, 0.25) is 5.02 Å². The lowest BCUT2D eigenvalue weighted by Crippen LogP contribution is -2.27. The highest BCUT2D eigenvalue weighted by atomic mass is 35.5. The van der Waals surface area contributed by atoms with E-state index in [9.17, 15) is 10.1 Å². The average Bonchev–Trinajstić information content (AvgIpc) is 2.61. The van der Waals surface area contributed by atoms with Crippen molar-refractivity contribution in [2.45, 2.75) is 13.0 Å². The summed E-state index contributed by atoms with van der Waals surface area (Å²) in [4.78, 5) is 14.3. The number of benzene rings is 2. The van der Waals surface area contributed by atoms with Gasteiger partial charge in [-0.2, -0.15) is 5.26 Å². The topological polar surface area (TPSA) is 56.1 Å². The number of hydrogen-bond acceptors (Lipinski definition) is 3. The van der Waals surface area contributed by atoms with Crippen molar-refractivity contribution in [3.05, 3.63) is 76.5 Å². The Morgan fingerprint density at radius 1 is 1.17 bits per heavy atom. The zero-order valence-corrected chi connectivity index (χ0v) is 13.8. The van der Waals surface area contributed by atoms with Crippen LogP contribution in [-0.4, -0.2) is 17.4 Å². The molecule has 1 heterocycles. The molecule has 0 aliphatic carbocycles. The van der Waals surface area contributed by atoms with Gasteiger partial charge in [0.2, 0.25) is 0 Å². The molecule has 4 nitrogen and oxygen atoms in total. The second-order valence-corrected chi connectivity index (χ2v) is 5.98. The molecule has 5 heteroatoms. The predicted octanol–water partition coefficient (Wildman–Crippen LogP) is 3.74. The number of rotatable bonds is 3. The Morgan fingerprint density at radius 2 is 1.88 bits per heavy atom. The number of hydrogen-bond donors (Lipinski definition) is 1. The van der Waals surface area contributed by atoms with Gasteiger partial charge in [0.25, 0.3) is 5.91 Å². The van der Waals surface area contributed by atoms with Gasteiger partial charge in [-0.05, 0) is 29.7 Å². The normalized spacial score (nSPS) is 13.8. The van der Waals surface area contributed by atoms with Crippen LogP contribution >= 0.6 is 11.6 Å². The first-order valence-electron chi connectivity index (χ1n) is 7.66. The molecular weight excluding hydrogens is 322 g/mol. The summed E-state index contributed by atoms with van der Waals surface area (Å²) >= 11 is 6.04. The van der Waals surface area contributed by atoms with Crippen molar-refractivity contribution in [2.75, 3.05) is 11.9 Å². The van der Waals surface area contributed by atoms with Crippen LogP contribution in [-0.2, 0) is 17.8 Å². The maximum Gasteiger partial charge on any atom is 0.267 e. The number of fused-ring (bicyclic) bond motifs is 1. The third-order valence-electron chi connectivity index (χ3n) is 3.96. The molecule has 1 aliphatic rings. The number of anilines is 1. The Morgan fingerprint density at radius 3 is 2.62 bits per heavy atom. The highest BCUT2D eigenvalue weighted by molar-refractivity contribution is 6.33. The molecule has 0 aromatic heterocycles. The molecule has 1 N–H and O–H groups in total. The Bertz CT molecular complexity index is 839. The molecule has 0 saturated heterocycles. The lowest BCUT2D eigenvalue weighted by Gasteiger charge is -2.27. The summed E-state index contributed by atoms with van der Waals surface area (Å²) in [7, 11) is 0. The number of amides is 1. The van der Waals surface area contributed by atoms with Crippen molar-refractivity contribution in [1.82, 2.24) is 4.90 Å². The molecule has 0 unspecified atom stereocenters. The monoisotopic (exact) mass is 337 g/mol. The van der Waals surface area contributed by atoms with Crippen molar-refractivity contribution in [1.29, 1.82) is 5.26 Å².